The smallest absolute Gasteiger partial charge is 0.244 e. The number of carbonyl (C=O) groups excluding carboxylic acids is 2. The zero-order valence-electron chi connectivity index (χ0n) is 19.1. The molecule has 0 aliphatic carbocycles. The fraction of sp³-hybridized carbons (Fsp3) is 0.391. The van der Waals surface area contributed by atoms with E-state index in [2.05, 4.69) is 5.32 Å². The number of amides is 2. The van der Waals surface area contributed by atoms with Crippen LogP contribution < -0.4 is 9.62 Å². The Labute approximate surface area is 195 Å². The number of halogens is 1. The molecule has 2 rings (SSSR count). The molecular formula is C23H30ClN3O4S. The number of anilines is 1. The van der Waals surface area contributed by atoms with Gasteiger partial charge in [-0.1, -0.05) is 29.8 Å². The van der Waals surface area contributed by atoms with Gasteiger partial charge < -0.3 is 10.2 Å². The summed E-state index contributed by atoms with van der Waals surface area (Å²) >= 11 is 5.96. The minimum atomic E-state index is -3.74. The number of aryl methyl sites for hydroxylation is 2. The number of nitrogens with zero attached hydrogens (tertiary/aromatic N) is 2. The molecule has 2 aromatic carbocycles. The third-order valence-electron chi connectivity index (χ3n) is 5.24. The molecule has 174 valence electrons. The first-order valence-electron chi connectivity index (χ1n) is 10.3. The van der Waals surface area contributed by atoms with Crippen LogP contribution in [0.5, 0.6) is 0 Å². The molecule has 0 heterocycles. The quantitative estimate of drug-likeness (QED) is 0.598. The van der Waals surface area contributed by atoms with Crippen molar-refractivity contribution in [2.24, 2.45) is 0 Å². The summed E-state index contributed by atoms with van der Waals surface area (Å²) < 4.78 is 26.2. The van der Waals surface area contributed by atoms with Crippen molar-refractivity contribution in [1.29, 1.82) is 0 Å². The number of hydrogen-bond acceptors (Lipinski definition) is 4. The summed E-state index contributed by atoms with van der Waals surface area (Å²) in [6.45, 7) is 7.37. The third kappa shape index (κ3) is 6.71. The highest BCUT2D eigenvalue weighted by atomic mass is 35.5. The average molecular weight is 480 g/mol. The van der Waals surface area contributed by atoms with E-state index >= 15 is 0 Å². The highest BCUT2D eigenvalue weighted by molar-refractivity contribution is 7.92. The van der Waals surface area contributed by atoms with Gasteiger partial charge in [-0.2, -0.15) is 0 Å². The molecule has 0 aliphatic rings. The molecule has 2 amide bonds. The van der Waals surface area contributed by atoms with Crippen LogP contribution in [0, 0.1) is 13.8 Å². The van der Waals surface area contributed by atoms with Gasteiger partial charge in [-0.15, -0.1) is 0 Å². The topological polar surface area (TPSA) is 86.8 Å². The van der Waals surface area contributed by atoms with Gasteiger partial charge >= 0.3 is 0 Å². The van der Waals surface area contributed by atoms with Crippen LogP contribution in [0.25, 0.3) is 0 Å². The zero-order valence-corrected chi connectivity index (χ0v) is 20.6. The molecule has 32 heavy (non-hydrogen) atoms. The largest absolute Gasteiger partial charge is 0.355 e. The zero-order chi connectivity index (χ0) is 24.1. The number of carbonyl (C=O) groups is 2. The molecule has 7 nitrogen and oxygen atoms in total. The second-order valence-electron chi connectivity index (χ2n) is 7.76. The van der Waals surface area contributed by atoms with E-state index in [4.69, 9.17) is 11.6 Å². The molecule has 0 unspecified atom stereocenters. The van der Waals surface area contributed by atoms with Crippen molar-refractivity contribution in [3.63, 3.8) is 0 Å². The van der Waals surface area contributed by atoms with E-state index in [9.17, 15) is 18.0 Å². The van der Waals surface area contributed by atoms with E-state index in [1.54, 1.807) is 50.2 Å². The Hall–Kier alpha value is -2.58. The Balaban J connectivity index is 2.39. The highest BCUT2D eigenvalue weighted by Gasteiger charge is 2.30. The number of likely N-dealkylation sites (N-methyl/N-ethyl adjacent to an activating group) is 1. The van der Waals surface area contributed by atoms with E-state index in [1.807, 2.05) is 19.9 Å². The normalized spacial score (nSPS) is 12.2. The van der Waals surface area contributed by atoms with Crippen molar-refractivity contribution in [3.8, 4) is 0 Å². The lowest BCUT2D eigenvalue weighted by Gasteiger charge is -2.31. The van der Waals surface area contributed by atoms with Crippen molar-refractivity contribution in [2.75, 3.05) is 23.7 Å². The Kier molecular flexibility index (Phi) is 8.69. The van der Waals surface area contributed by atoms with E-state index in [1.165, 1.54) is 4.90 Å². The summed E-state index contributed by atoms with van der Waals surface area (Å²) in [6, 6.07) is 11.4. The molecule has 1 atom stereocenters. The fourth-order valence-corrected chi connectivity index (χ4v) is 4.15. The standard InChI is InChI=1S/C23H30ClN3O4S/c1-6-25-23(29)18(4)26(14-19-8-10-20(24)11-9-19)22(28)15-27(32(5,30)31)21-12-7-16(2)17(3)13-21/h7-13,18H,6,14-15H2,1-5H3,(H,25,29)/t18-/m1/s1. The lowest BCUT2D eigenvalue weighted by Crippen LogP contribution is -2.51. The van der Waals surface area contributed by atoms with Crippen LogP contribution in [0.3, 0.4) is 0 Å². The minimum absolute atomic E-state index is 0.138. The molecule has 0 saturated carbocycles. The summed E-state index contributed by atoms with van der Waals surface area (Å²) in [4.78, 5) is 27.3. The van der Waals surface area contributed by atoms with Crippen LogP contribution >= 0.6 is 11.6 Å². The van der Waals surface area contributed by atoms with Gasteiger partial charge in [0.2, 0.25) is 21.8 Å². The SMILES string of the molecule is CCNC(=O)[C@@H](C)N(Cc1ccc(Cl)cc1)C(=O)CN(c1ccc(C)c(C)c1)S(C)(=O)=O. The molecule has 0 saturated heterocycles. The maximum atomic E-state index is 13.4. The number of rotatable bonds is 9. The second-order valence-corrected chi connectivity index (χ2v) is 10.1. The summed E-state index contributed by atoms with van der Waals surface area (Å²) in [5.41, 5.74) is 3.11. The maximum absolute atomic E-state index is 13.4. The van der Waals surface area contributed by atoms with Crippen LogP contribution in [-0.2, 0) is 26.2 Å². The van der Waals surface area contributed by atoms with Gasteiger partial charge in [-0.25, -0.2) is 8.42 Å². The lowest BCUT2D eigenvalue weighted by molar-refractivity contribution is -0.139. The molecule has 0 fully saturated rings. The molecule has 0 aliphatic heterocycles. The molecule has 0 bridgehead atoms. The van der Waals surface area contributed by atoms with Crippen molar-refractivity contribution < 1.29 is 18.0 Å². The fourth-order valence-electron chi connectivity index (χ4n) is 3.19. The van der Waals surface area contributed by atoms with Gasteiger partial charge in [-0.3, -0.25) is 13.9 Å². The van der Waals surface area contributed by atoms with Crippen molar-refractivity contribution in [3.05, 3.63) is 64.2 Å². The Bertz CT molecular complexity index is 1070. The molecule has 0 radical (unpaired) electrons. The van der Waals surface area contributed by atoms with Gasteiger partial charge in [0.05, 0.1) is 11.9 Å². The van der Waals surface area contributed by atoms with Crippen LogP contribution in [0.1, 0.15) is 30.5 Å². The molecule has 2 aromatic rings. The monoisotopic (exact) mass is 479 g/mol. The summed E-state index contributed by atoms with van der Waals surface area (Å²) in [5, 5.41) is 3.28. The van der Waals surface area contributed by atoms with Crippen LogP contribution in [0.2, 0.25) is 5.02 Å². The van der Waals surface area contributed by atoms with Crippen molar-refractivity contribution in [2.45, 2.75) is 40.3 Å². The number of sulfonamides is 1. The van der Waals surface area contributed by atoms with Crippen LogP contribution in [0.15, 0.2) is 42.5 Å². The summed E-state index contributed by atoms with van der Waals surface area (Å²) in [7, 11) is -3.74. The highest BCUT2D eigenvalue weighted by Crippen LogP contribution is 2.22. The summed E-state index contributed by atoms with van der Waals surface area (Å²) in [6.07, 6.45) is 1.06. The van der Waals surface area contributed by atoms with Gasteiger partial charge in [0, 0.05) is 18.1 Å². The minimum Gasteiger partial charge on any atom is -0.355 e. The van der Waals surface area contributed by atoms with Crippen LogP contribution in [0.4, 0.5) is 5.69 Å². The molecule has 0 spiro atoms. The molecule has 0 aromatic heterocycles. The third-order valence-corrected chi connectivity index (χ3v) is 6.63. The predicted octanol–water partition coefficient (Wildman–Crippen LogP) is 3.28. The summed E-state index contributed by atoms with van der Waals surface area (Å²) in [5.74, 6) is -0.797. The van der Waals surface area contributed by atoms with E-state index in [-0.39, 0.29) is 12.5 Å². The molecule has 1 N–H and O–H groups in total. The first-order chi connectivity index (χ1) is 14.9. The van der Waals surface area contributed by atoms with E-state index in [0.717, 1.165) is 27.3 Å². The van der Waals surface area contributed by atoms with Crippen LogP contribution in [-0.4, -0.2) is 50.5 Å². The van der Waals surface area contributed by atoms with E-state index < -0.39 is 28.5 Å². The van der Waals surface area contributed by atoms with Gasteiger partial charge in [0.1, 0.15) is 12.6 Å². The number of benzene rings is 2. The first-order valence-corrected chi connectivity index (χ1v) is 12.5. The maximum Gasteiger partial charge on any atom is 0.244 e. The predicted molar refractivity (Wildman–Crippen MR) is 128 cm³/mol. The van der Waals surface area contributed by atoms with Gasteiger partial charge in [0.15, 0.2) is 0 Å². The van der Waals surface area contributed by atoms with Crippen molar-refractivity contribution >= 4 is 39.1 Å². The molecular weight excluding hydrogens is 450 g/mol. The Morgan fingerprint density at radius 3 is 2.22 bits per heavy atom. The lowest BCUT2D eigenvalue weighted by atomic mass is 10.1. The Morgan fingerprint density at radius 1 is 1.06 bits per heavy atom. The Morgan fingerprint density at radius 2 is 1.69 bits per heavy atom. The number of hydrogen-bond donors (Lipinski definition) is 1. The van der Waals surface area contributed by atoms with E-state index in [0.29, 0.717) is 17.3 Å². The number of nitrogens with one attached hydrogen (secondary N) is 1. The van der Waals surface area contributed by atoms with Gasteiger partial charge in [0.25, 0.3) is 0 Å². The van der Waals surface area contributed by atoms with Crippen molar-refractivity contribution in [1.82, 2.24) is 10.2 Å². The first kappa shape index (κ1) is 25.7. The van der Waals surface area contributed by atoms with Gasteiger partial charge in [-0.05, 0) is 68.7 Å². The molecule has 9 heteroatoms. The average Bonchev–Trinajstić information content (AvgIpc) is 2.72. The second kappa shape index (κ2) is 10.8.